The highest BCUT2D eigenvalue weighted by Crippen LogP contribution is 2.20. The van der Waals surface area contributed by atoms with Crippen molar-refractivity contribution >= 4 is 11.3 Å². The first-order chi connectivity index (χ1) is 5.75. The minimum absolute atomic E-state index is 0.899. The Labute approximate surface area is 74.7 Å². The summed E-state index contributed by atoms with van der Waals surface area (Å²) in [5.41, 5.74) is 1.94. The van der Waals surface area contributed by atoms with Gasteiger partial charge in [0, 0.05) is 24.3 Å². The van der Waals surface area contributed by atoms with E-state index in [9.17, 15) is 0 Å². The van der Waals surface area contributed by atoms with Gasteiger partial charge in [0.1, 0.15) is 10.7 Å². The normalized spacial score (nSPS) is 10.5. The van der Waals surface area contributed by atoms with Crippen LogP contribution >= 0.6 is 11.3 Å². The first-order valence-electron chi connectivity index (χ1n) is 3.59. The molecule has 0 saturated heterocycles. The molecule has 0 aliphatic rings. The zero-order valence-corrected chi connectivity index (χ0v) is 7.72. The summed E-state index contributed by atoms with van der Waals surface area (Å²) >= 11 is 1.61. The van der Waals surface area contributed by atoms with E-state index >= 15 is 0 Å². The van der Waals surface area contributed by atoms with Crippen LogP contribution in [0.1, 0.15) is 5.69 Å². The van der Waals surface area contributed by atoms with E-state index in [-0.39, 0.29) is 0 Å². The lowest BCUT2D eigenvalue weighted by Crippen LogP contribution is -1.78. The molecule has 0 aliphatic carbocycles. The first kappa shape index (κ1) is 7.49. The van der Waals surface area contributed by atoms with Crippen LogP contribution in [0.25, 0.3) is 10.7 Å². The Balaban J connectivity index is 2.43. The van der Waals surface area contributed by atoms with E-state index in [1.165, 1.54) is 0 Å². The lowest BCUT2D eigenvalue weighted by atomic mass is 10.5. The number of nitrogens with zero attached hydrogens (tertiary/aromatic N) is 3. The Kier molecular flexibility index (Phi) is 1.69. The molecule has 0 spiro atoms. The fourth-order valence-electron chi connectivity index (χ4n) is 0.949. The van der Waals surface area contributed by atoms with Crippen molar-refractivity contribution in [3.05, 3.63) is 23.6 Å². The molecule has 2 heterocycles. The van der Waals surface area contributed by atoms with Crippen LogP contribution in [-0.4, -0.2) is 14.5 Å². The zero-order chi connectivity index (χ0) is 8.55. The van der Waals surface area contributed by atoms with E-state index in [2.05, 4.69) is 16.3 Å². The Bertz CT molecular complexity index is 350. The van der Waals surface area contributed by atoms with Gasteiger partial charge in [-0.1, -0.05) is 0 Å². The molecule has 0 bridgehead atoms. The minimum Gasteiger partial charge on any atom is -0.331 e. The van der Waals surface area contributed by atoms with Crippen molar-refractivity contribution in [3.63, 3.8) is 0 Å². The monoisotopic (exact) mass is 178 g/mol. The van der Waals surface area contributed by atoms with Crippen molar-refractivity contribution in [1.82, 2.24) is 14.5 Å². The summed E-state index contributed by atoms with van der Waals surface area (Å²) in [6.45, 7) is 1.98. The summed E-state index contributed by atoms with van der Waals surface area (Å²) in [5.74, 6) is 0. The number of rotatable bonds is 1. The fraction of sp³-hybridized carbons (Fsp3) is 0.250. The summed E-state index contributed by atoms with van der Waals surface area (Å²) in [4.78, 5) is 8.40. The molecule has 0 N–H and O–H groups in total. The Hall–Kier alpha value is -1.16. The largest absolute Gasteiger partial charge is 0.331 e. The van der Waals surface area contributed by atoms with Crippen molar-refractivity contribution < 1.29 is 0 Å². The second-order valence-corrected chi connectivity index (χ2v) is 3.49. The number of hydrogen-bond donors (Lipinski definition) is 0. The van der Waals surface area contributed by atoms with Gasteiger partial charge < -0.3 is 4.57 Å². The SMILES string of the molecule is Cc1csc(-c2cn(C)[c]n2)n1. The minimum atomic E-state index is 0.899. The van der Waals surface area contributed by atoms with Crippen LogP contribution in [0.2, 0.25) is 0 Å². The lowest BCUT2D eigenvalue weighted by molar-refractivity contribution is 0.903. The molecule has 0 atom stereocenters. The number of aromatic nitrogens is 3. The van der Waals surface area contributed by atoms with Gasteiger partial charge in [0.25, 0.3) is 0 Å². The van der Waals surface area contributed by atoms with Crippen LogP contribution in [0.15, 0.2) is 11.6 Å². The van der Waals surface area contributed by atoms with Crippen LogP contribution < -0.4 is 0 Å². The van der Waals surface area contributed by atoms with Gasteiger partial charge in [-0.2, -0.15) is 0 Å². The van der Waals surface area contributed by atoms with E-state index < -0.39 is 0 Å². The smallest absolute Gasteiger partial charge is 0.176 e. The Morgan fingerprint density at radius 3 is 2.92 bits per heavy atom. The van der Waals surface area contributed by atoms with Gasteiger partial charge in [0.15, 0.2) is 6.33 Å². The van der Waals surface area contributed by atoms with Crippen LogP contribution in [0.3, 0.4) is 0 Å². The van der Waals surface area contributed by atoms with Gasteiger partial charge >= 0.3 is 0 Å². The van der Waals surface area contributed by atoms with Crippen molar-refractivity contribution in [1.29, 1.82) is 0 Å². The second kappa shape index (κ2) is 2.71. The highest BCUT2D eigenvalue weighted by molar-refractivity contribution is 7.13. The summed E-state index contributed by atoms with van der Waals surface area (Å²) in [6.07, 6.45) is 4.72. The molecule has 4 heteroatoms. The first-order valence-corrected chi connectivity index (χ1v) is 4.47. The predicted octanol–water partition coefficient (Wildman–Crippen LogP) is 1.65. The predicted molar refractivity (Wildman–Crippen MR) is 47.9 cm³/mol. The summed E-state index contributed by atoms with van der Waals surface area (Å²) < 4.78 is 1.80. The average molecular weight is 178 g/mol. The quantitative estimate of drug-likeness (QED) is 0.664. The van der Waals surface area contributed by atoms with Crippen LogP contribution in [0, 0.1) is 13.3 Å². The third-order valence-corrected chi connectivity index (χ3v) is 2.46. The summed E-state index contributed by atoms with van der Waals surface area (Å²) in [5, 5.41) is 2.98. The average Bonchev–Trinajstić information content (AvgIpc) is 2.58. The molecule has 0 unspecified atom stereocenters. The molecule has 12 heavy (non-hydrogen) atoms. The standard InChI is InChI=1S/C8H8N3S/c1-6-4-12-8(10-6)7-3-11(2)5-9-7/h3-4H,1-2H3. The third kappa shape index (κ3) is 1.25. The number of aryl methyl sites for hydroxylation is 2. The molecule has 2 aromatic rings. The molecule has 2 aromatic heterocycles. The van der Waals surface area contributed by atoms with Gasteiger partial charge in [0.05, 0.1) is 0 Å². The van der Waals surface area contributed by atoms with Gasteiger partial charge in [-0.05, 0) is 6.92 Å². The van der Waals surface area contributed by atoms with E-state index in [0.29, 0.717) is 0 Å². The van der Waals surface area contributed by atoms with Gasteiger partial charge in [-0.25, -0.2) is 9.97 Å². The molecular weight excluding hydrogens is 170 g/mol. The molecule has 3 nitrogen and oxygen atoms in total. The van der Waals surface area contributed by atoms with Gasteiger partial charge in [-0.15, -0.1) is 11.3 Å². The number of hydrogen-bond acceptors (Lipinski definition) is 3. The van der Waals surface area contributed by atoms with Crippen molar-refractivity contribution in [2.75, 3.05) is 0 Å². The van der Waals surface area contributed by atoms with E-state index in [4.69, 9.17) is 0 Å². The molecule has 1 radical (unpaired) electrons. The lowest BCUT2D eigenvalue weighted by Gasteiger charge is -1.85. The number of imidazole rings is 1. The van der Waals surface area contributed by atoms with Crippen molar-refractivity contribution in [3.8, 4) is 10.7 Å². The van der Waals surface area contributed by atoms with Gasteiger partial charge in [-0.3, -0.25) is 0 Å². The number of thiazole rings is 1. The van der Waals surface area contributed by atoms with E-state index in [1.54, 1.807) is 15.9 Å². The molecule has 0 aliphatic heterocycles. The fourth-order valence-corrected chi connectivity index (χ4v) is 1.70. The van der Waals surface area contributed by atoms with E-state index in [1.807, 2.05) is 25.5 Å². The summed E-state index contributed by atoms with van der Waals surface area (Å²) in [7, 11) is 1.90. The maximum Gasteiger partial charge on any atom is 0.176 e. The third-order valence-electron chi connectivity index (χ3n) is 1.48. The zero-order valence-electron chi connectivity index (χ0n) is 6.90. The van der Waals surface area contributed by atoms with Crippen LogP contribution in [-0.2, 0) is 7.05 Å². The molecule has 0 amide bonds. The van der Waals surface area contributed by atoms with Gasteiger partial charge in [0.2, 0.25) is 0 Å². The maximum atomic E-state index is 4.32. The Morgan fingerprint density at radius 2 is 2.42 bits per heavy atom. The molecule has 0 aromatic carbocycles. The summed E-state index contributed by atoms with van der Waals surface area (Å²) in [6, 6.07) is 0. The second-order valence-electron chi connectivity index (χ2n) is 2.63. The molecule has 61 valence electrons. The topological polar surface area (TPSA) is 30.7 Å². The van der Waals surface area contributed by atoms with Crippen LogP contribution in [0.4, 0.5) is 0 Å². The molecular formula is C8H8N3S. The van der Waals surface area contributed by atoms with Crippen molar-refractivity contribution in [2.24, 2.45) is 7.05 Å². The highest BCUT2D eigenvalue weighted by atomic mass is 32.1. The highest BCUT2D eigenvalue weighted by Gasteiger charge is 2.04. The Morgan fingerprint density at radius 1 is 1.58 bits per heavy atom. The van der Waals surface area contributed by atoms with Crippen molar-refractivity contribution in [2.45, 2.75) is 6.92 Å². The van der Waals surface area contributed by atoms with E-state index in [0.717, 1.165) is 16.4 Å². The van der Waals surface area contributed by atoms with Crippen LogP contribution in [0.5, 0.6) is 0 Å². The molecule has 2 rings (SSSR count). The maximum absolute atomic E-state index is 4.32. The molecule has 0 saturated carbocycles. The molecule has 0 fully saturated rings.